The van der Waals surface area contributed by atoms with E-state index >= 15 is 0 Å². The van der Waals surface area contributed by atoms with Crippen LogP contribution in [0, 0.1) is 6.92 Å². The van der Waals surface area contributed by atoms with Gasteiger partial charge in [0.2, 0.25) is 5.91 Å². The molecule has 2 aromatic carbocycles. The first-order valence-corrected chi connectivity index (χ1v) is 7.65. The summed E-state index contributed by atoms with van der Waals surface area (Å²) in [7, 11) is 3.22. The van der Waals surface area contributed by atoms with E-state index < -0.39 is 0 Å². The number of ether oxygens (including phenoxy) is 2. The zero-order valence-electron chi connectivity index (χ0n) is 13.9. The van der Waals surface area contributed by atoms with Crippen molar-refractivity contribution in [2.75, 3.05) is 14.2 Å². The highest BCUT2D eigenvalue weighted by atomic mass is 16.5. The number of aryl methyl sites for hydroxylation is 2. The lowest BCUT2D eigenvalue weighted by atomic mass is 10.1. The van der Waals surface area contributed by atoms with Crippen LogP contribution in [-0.2, 0) is 17.8 Å². The fraction of sp³-hybridized carbons (Fsp3) is 0.316. The summed E-state index contributed by atoms with van der Waals surface area (Å²) in [4.78, 5) is 12.0. The van der Waals surface area contributed by atoms with Crippen molar-refractivity contribution in [3.8, 4) is 11.5 Å². The Morgan fingerprint density at radius 1 is 1.04 bits per heavy atom. The summed E-state index contributed by atoms with van der Waals surface area (Å²) in [6.45, 7) is 2.50. The van der Waals surface area contributed by atoms with Crippen LogP contribution >= 0.6 is 0 Å². The van der Waals surface area contributed by atoms with Crippen molar-refractivity contribution in [2.45, 2.75) is 26.3 Å². The zero-order valence-corrected chi connectivity index (χ0v) is 13.9. The lowest BCUT2D eigenvalue weighted by Gasteiger charge is -2.11. The molecular formula is C19H23NO3. The topological polar surface area (TPSA) is 47.6 Å². The Morgan fingerprint density at radius 2 is 1.78 bits per heavy atom. The molecule has 0 radical (unpaired) electrons. The predicted molar refractivity (Wildman–Crippen MR) is 90.9 cm³/mol. The largest absolute Gasteiger partial charge is 0.497 e. The number of hydrogen-bond donors (Lipinski definition) is 1. The highest BCUT2D eigenvalue weighted by Gasteiger charge is 2.07. The van der Waals surface area contributed by atoms with Gasteiger partial charge in [-0.3, -0.25) is 4.79 Å². The molecular weight excluding hydrogens is 290 g/mol. The summed E-state index contributed by atoms with van der Waals surface area (Å²) in [5, 5.41) is 2.93. The lowest BCUT2D eigenvalue weighted by Crippen LogP contribution is -2.23. The fourth-order valence-electron chi connectivity index (χ4n) is 2.29. The van der Waals surface area contributed by atoms with E-state index in [9.17, 15) is 4.79 Å². The summed E-state index contributed by atoms with van der Waals surface area (Å²) in [5.41, 5.74) is 3.33. The third kappa shape index (κ3) is 5.02. The van der Waals surface area contributed by atoms with Gasteiger partial charge in [0.05, 0.1) is 14.2 Å². The van der Waals surface area contributed by atoms with Gasteiger partial charge in [-0.05, 0) is 31.0 Å². The Hall–Kier alpha value is -2.49. The van der Waals surface area contributed by atoms with Crippen LogP contribution in [0.1, 0.15) is 23.1 Å². The second-order valence-corrected chi connectivity index (χ2v) is 5.44. The molecule has 2 aromatic rings. The number of rotatable bonds is 7. The number of amides is 1. The Bertz CT molecular complexity index is 650. The molecule has 0 saturated carbocycles. The molecule has 0 aromatic heterocycles. The van der Waals surface area contributed by atoms with E-state index in [1.54, 1.807) is 14.2 Å². The van der Waals surface area contributed by atoms with Crippen LogP contribution in [0.2, 0.25) is 0 Å². The van der Waals surface area contributed by atoms with Crippen LogP contribution in [-0.4, -0.2) is 20.1 Å². The van der Waals surface area contributed by atoms with E-state index in [4.69, 9.17) is 9.47 Å². The van der Waals surface area contributed by atoms with Gasteiger partial charge in [-0.2, -0.15) is 0 Å². The SMILES string of the molecule is COc1ccc(CNC(=O)CCc2ccc(C)cc2)c(OC)c1. The minimum atomic E-state index is 0.0310. The molecule has 0 heterocycles. The Balaban J connectivity index is 1.85. The highest BCUT2D eigenvalue weighted by molar-refractivity contribution is 5.76. The van der Waals surface area contributed by atoms with Gasteiger partial charge in [0.15, 0.2) is 0 Å². The molecule has 0 unspecified atom stereocenters. The van der Waals surface area contributed by atoms with Gasteiger partial charge < -0.3 is 14.8 Å². The van der Waals surface area contributed by atoms with Crippen LogP contribution in [0.5, 0.6) is 11.5 Å². The number of nitrogens with one attached hydrogen (secondary N) is 1. The molecule has 4 nitrogen and oxygen atoms in total. The first-order chi connectivity index (χ1) is 11.1. The molecule has 4 heteroatoms. The quantitative estimate of drug-likeness (QED) is 0.853. The molecule has 23 heavy (non-hydrogen) atoms. The van der Waals surface area contributed by atoms with Gasteiger partial charge in [-0.1, -0.05) is 29.8 Å². The first-order valence-electron chi connectivity index (χ1n) is 7.65. The number of carbonyl (C=O) groups excluding carboxylic acids is 1. The molecule has 0 aliphatic carbocycles. The summed E-state index contributed by atoms with van der Waals surface area (Å²) in [6, 6.07) is 13.8. The fourth-order valence-corrected chi connectivity index (χ4v) is 2.29. The van der Waals surface area contributed by atoms with E-state index in [0.29, 0.717) is 18.7 Å². The van der Waals surface area contributed by atoms with E-state index in [0.717, 1.165) is 17.7 Å². The standard InChI is InChI=1S/C19H23NO3/c1-14-4-6-15(7-5-14)8-11-19(21)20-13-16-9-10-17(22-2)12-18(16)23-3/h4-7,9-10,12H,8,11,13H2,1-3H3,(H,20,21). The molecule has 1 N–H and O–H groups in total. The van der Waals surface area contributed by atoms with Gasteiger partial charge in [-0.15, -0.1) is 0 Å². The molecule has 2 rings (SSSR count). The van der Waals surface area contributed by atoms with Crippen molar-refractivity contribution >= 4 is 5.91 Å². The minimum absolute atomic E-state index is 0.0310. The van der Waals surface area contributed by atoms with Crippen LogP contribution in [0.15, 0.2) is 42.5 Å². The van der Waals surface area contributed by atoms with Crippen molar-refractivity contribution in [1.29, 1.82) is 0 Å². The maximum absolute atomic E-state index is 12.0. The van der Waals surface area contributed by atoms with Crippen LogP contribution < -0.4 is 14.8 Å². The van der Waals surface area contributed by atoms with Crippen LogP contribution in [0.4, 0.5) is 0 Å². The average molecular weight is 313 g/mol. The van der Waals surface area contributed by atoms with E-state index in [2.05, 4.69) is 36.5 Å². The van der Waals surface area contributed by atoms with Gasteiger partial charge >= 0.3 is 0 Å². The molecule has 0 atom stereocenters. The maximum atomic E-state index is 12.0. The van der Waals surface area contributed by atoms with E-state index in [-0.39, 0.29) is 5.91 Å². The molecule has 1 amide bonds. The van der Waals surface area contributed by atoms with Gasteiger partial charge in [-0.25, -0.2) is 0 Å². The van der Waals surface area contributed by atoms with Crippen molar-refractivity contribution in [2.24, 2.45) is 0 Å². The molecule has 0 aliphatic heterocycles. The normalized spacial score (nSPS) is 10.2. The predicted octanol–water partition coefficient (Wildman–Crippen LogP) is 3.26. The minimum Gasteiger partial charge on any atom is -0.497 e. The van der Waals surface area contributed by atoms with Crippen LogP contribution in [0.3, 0.4) is 0 Å². The monoisotopic (exact) mass is 313 g/mol. The van der Waals surface area contributed by atoms with E-state index in [1.165, 1.54) is 11.1 Å². The highest BCUT2D eigenvalue weighted by Crippen LogP contribution is 2.24. The molecule has 0 aliphatic rings. The molecule has 0 bridgehead atoms. The number of benzene rings is 2. The summed E-state index contributed by atoms with van der Waals surface area (Å²) in [6.07, 6.45) is 1.22. The lowest BCUT2D eigenvalue weighted by molar-refractivity contribution is -0.121. The average Bonchev–Trinajstić information content (AvgIpc) is 2.59. The van der Waals surface area contributed by atoms with Gasteiger partial charge in [0, 0.05) is 24.6 Å². The second-order valence-electron chi connectivity index (χ2n) is 5.44. The van der Waals surface area contributed by atoms with Crippen molar-refractivity contribution in [3.63, 3.8) is 0 Å². The zero-order chi connectivity index (χ0) is 16.7. The smallest absolute Gasteiger partial charge is 0.220 e. The Labute approximate surface area is 137 Å². The van der Waals surface area contributed by atoms with Crippen molar-refractivity contribution < 1.29 is 14.3 Å². The first kappa shape index (κ1) is 16.9. The van der Waals surface area contributed by atoms with Crippen molar-refractivity contribution in [3.05, 3.63) is 59.2 Å². The van der Waals surface area contributed by atoms with Gasteiger partial charge in [0.25, 0.3) is 0 Å². The van der Waals surface area contributed by atoms with Crippen LogP contribution in [0.25, 0.3) is 0 Å². The summed E-state index contributed by atoms with van der Waals surface area (Å²) >= 11 is 0. The molecule has 0 fully saturated rings. The Kier molecular flexibility index (Phi) is 6.03. The van der Waals surface area contributed by atoms with Crippen molar-refractivity contribution in [1.82, 2.24) is 5.32 Å². The molecule has 122 valence electrons. The molecule has 0 saturated heterocycles. The Morgan fingerprint density at radius 3 is 2.43 bits per heavy atom. The number of methoxy groups -OCH3 is 2. The second kappa shape index (κ2) is 8.22. The number of carbonyl (C=O) groups is 1. The maximum Gasteiger partial charge on any atom is 0.220 e. The summed E-state index contributed by atoms with van der Waals surface area (Å²) < 4.78 is 10.5. The molecule has 0 spiro atoms. The number of hydrogen-bond acceptors (Lipinski definition) is 3. The van der Waals surface area contributed by atoms with E-state index in [1.807, 2.05) is 18.2 Å². The summed E-state index contributed by atoms with van der Waals surface area (Å²) in [5.74, 6) is 1.47. The third-order valence-electron chi connectivity index (χ3n) is 3.73. The third-order valence-corrected chi connectivity index (χ3v) is 3.73. The van der Waals surface area contributed by atoms with Gasteiger partial charge in [0.1, 0.15) is 11.5 Å².